The Morgan fingerprint density at radius 1 is 1.21 bits per heavy atom. The van der Waals surface area contributed by atoms with Gasteiger partial charge < -0.3 is 10.1 Å². The molecule has 0 radical (unpaired) electrons. The fraction of sp³-hybridized carbons (Fsp3) is 0.500. The molecule has 2 aromatic rings. The van der Waals surface area contributed by atoms with Crippen molar-refractivity contribution in [3.63, 3.8) is 0 Å². The summed E-state index contributed by atoms with van der Waals surface area (Å²) < 4.78 is 10.3. The maximum Gasteiger partial charge on any atom is 0.417 e. The molecule has 1 N–H and O–H groups in total. The first-order valence-electron chi connectivity index (χ1n) is 8.26. The van der Waals surface area contributed by atoms with E-state index in [-0.39, 0.29) is 30.6 Å². The third-order valence-electron chi connectivity index (χ3n) is 3.51. The first-order valence-corrected chi connectivity index (χ1v) is 8.26. The van der Waals surface area contributed by atoms with E-state index < -0.39 is 0 Å². The Morgan fingerprint density at radius 3 is 2.50 bits per heavy atom. The molecule has 0 bridgehead atoms. The number of aromatic nitrogens is 2. The van der Waals surface area contributed by atoms with Crippen LogP contribution >= 0.6 is 0 Å². The van der Waals surface area contributed by atoms with E-state index >= 15 is 0 Å². The zero-order valence-corrected chi connectivity index (χ0v) is 14.7. The molecule has 1 heterocycles. The zero-order chi connectivity index (χ0) is 17.5. The number of rotatable bonds is 8. The van der Waals surface area contributed by atoms with E-state index in [9.17, 15) is 4.79 Å². The number of nitrogens with one attached hydrogen (secondary N) is 1. The lowest BCUT2D eigenvalue weighted by Crippen LogP contribution is -2.33. The lowest BCUT2D eigenvalue weighted by Gasteiger charge is -2.21. The molecular formula is C18H25N3O3. The number of hydrogen-bond acceptors (Lipinski definition) is 5. The van der Waals surface area contributed by atoms with Crippen molar-refractivity contribution in [3.05, 3.63) is 41.7 Å². The smallest absolute Gasteiger partial charge is 0.417 e. The van der Waals surface area contributed by atoms with E-state index in [0.717, 1.165) is 12.0 Å². The van der Waals surface area contributed by atoms with Gasteiger partial charge in [0.05, 0.1) is 6.04 Å². The van der Waals surface area contributed by atoms with Crippen molar-refractivity contribution < 1.29 is 14.1 Å². The van der Waals surface area contributed by atoms with Crippen LogP contribution in [-0.4, -0.2) is 22.7 Å². The number of ether oxygens (including phenoxy) is 1. The van der Waals surface area contributed by atoms with Gasteiger partial charge in [-0.05, 0) is 17.9 Å². The fourth-order valence-corrected chi connectivity index (χ4v) is 2.31. The van der Waals surface area contributed by atoms with Crippen LogP contribution in [0.2, 0.25) is 0 Å². The molecule has 1 aromatic heterocycles. The number of carbonyl (C=O) groups is 1. The lowest BCUT2D eigenvalue weighted by molar-refractivity contribution is -0.124. The SMILES string of the molecule is CC(C)CC(NC(=O)COc1nc(C(C)C)no1)c1ccccc1. The van der Waals surface area contributed by atoms with Crippen molar-refractivity contribution in [2.45, 2.75) is 46.1 Å². The Hall–Kier alpha value is -2.37. The highest BCUT2D eigenvalue weighted by molar-refractivity contribution is 5.77. The summed E-state index contributed by atoms with van der Waals surface area (Å²) in [5, 5.41) is 6.81. The monoisotopic (exact) mass is 331 g/mol. The molecule has 2 rings (SSSR count). The van der Waals surface area contributed by atoms with Crippen LogP contribution in [0.1, 0.15) is 57.5 Å². The maximum atomic E-state index is 12.2. The molecule has 0 aliphatic heterocycles. The second-order valence-electron chi connectivity index (χ2n) is 6.52. The van der Waals surface area contributed by atoms with E-state index in [1.165, 1.54) is 0 Å². The fourth-order valence-electron chi connectivity index (χ4n) is 2.31. The number of amides is 1. The lowest BCUT2D eigenvalue weighted by atomic mass is 9.97. The van der Waals surface area contributed by atoms with E-state index in [1.54, 1.807) is 0 Å². The molecule has 1 amide bonds. The van der Waals surface area contributed by atoms with Gasteiger partial charge in [0.2, 0.25) is 0 Å². The van der Waals surface area contributed by atoms with Crippen LogP contribution in [0.25, 0.3) is 0 Å². The van der Waals surface area contributed by atoms with E-state index in [2.05, 4.69) is 29.3 Å². The molecule has 0 aliphatic carbocycles. The van der Waals surface area contributed by atoms with Crippen LogP contribution in [0, 0.1) is 5.92 Å². The highest BCUT2D eigenvalue weighted by Crippen LogP contribution is 2.21. The molecule has 1 atom stereocenters. The average Bonchev–Trinajstić information content (AvgIpc) is 3.02. The van der Waals surface area contributed by atoms with Gasteiger partial charge in [-0.1, -0.05) is 63.2 Å². The Morgan fingerprint density at radius 2 is 1.92 bits per heavy atom. The van der Waals surface area contributed by atoms with Gasteiger partial charge in [-0.3, -0.25) is 9.32 Å². The number of carbonyl (C=O) groups excluding carboxylic acids is 1. The first-order chi connectivity index (χ1) is 11.5. The number of hydrogen-bond donors (Lipinski definition) is 1. The summed E-state index contributed by atoms with van der Waals surface area (Å²) in [7, 11) is 0. The van der Waals surface area contributed by atoms with Crippen molar-refractivity contribution in [1.82, 2.24) is 15.5 Å². The summed E-state index contributed by atoms with van der Waals surface area (Å²) in [5.74, 6) is 0.954. The molecule has 1 unspecified atom stereocenters. The molecule has 0 saturated heterocycles. The maximum absolute atomic E-state index is 12.2. The van der Waals surface area contributed by atoms with Gasteiger partial charge in [-0.15, -0.1) is 0 Å². The second kappa shape index (κ2) is 8.47. The van der Waals surface area contributed by atoms with E-state index in [0.29, 0.717) is 11.7 Å². The summed E-state index contributed by atoms with van der Waals surface area (Å²) in [6.07, 6.45) is 0.877. The van der Waals surface area contributed by atoms with Crippen molar-refractivity contribution in [2.75, 3.05) is 6.61 Å². The van der Waals surface area contributed by atoms with Crippen molar-refractivity contribution in [2.24, 2.45) is 5.92 Å². The highest BCUT2D eigenvalue weighted by Gasteiger charge is 2.17. The van der Waals surface area contributed by atoms with Crippen LogP contribution in [0.15, 0.2) is 34.9 Å². The Bertz CT molecular complexity index is 638. The molecule has 0 fully saturated rings. The summed E-state index contributed by atoms with van der Waals surface area (Å²) in [6.45, 7) is 8.02. The van der Waals surface area contributed by atoms with Gasteiger partial charge in [0, 0.05) is 5.92 Å². The standard InChI is InChI=1S/C18H25N3O3/c1-12(2)10-15(14-8-6-5-7-9-14)19-16(22)11-23-18-20-17(13(3)4)21-24-18/h5-9,12-13,15H,10-11H2,1-4H3,(H,19,22). The largest absolute Gasteiger partial charge is 0.439 e. The average molecular weight is 331 g/mol. The van der Waals surface area contributed by atoms with Crippen molar-refractivity contribution in [3.8, 4) is 6.08 Å². The quantitative estimate of drug-likeness (QED) is 0.801. The second-order valence-corrected chi connectivity index (χ2v) is 6.52. The molecule has 6 heteroatoms. The Labute approximate surface area is 142 Å². The van der Waals surface area contributed by atoms with Gasteiger partial charge in [0.15, 0.2) is 12.4 Å². The molecule has 1 aromatic carbocycles. The minimum atomic E-state index is -0.214. The van der Waals surface area contributed by atoms with Crippen LogP contribution in [0.4, 0.5) is 0 Å². The highest BCUT2D eigenvalue weighted by atomic mass is 16.6. The minimum Gasteiger partial charge on any atom is -0.439 e. The number of benzene rings is 1. The van der Waals surface area contributed by atoms with Gasteiger partial charge >= 0.3 is 6.08 Å². The van der Waals surface area contributed by atoms with Gasteiger partial charge in [-0.25, -0.2) is 0 Å². The molecule has 0 saturated carbocycles. The van der Waals surface area contributed by atoms with Crippen LogP contribution < -0.4 is 10.1 Å². The molecule has 24 heavy (non-hydrogen) atoms. The van der Waals surface area contributed by atoms with Crippen molar-refractivity contribution in [1.29, 1.82) is 0 Å². The Kier molecular flexibility index (Phi) is 6.35. The van der Waals surface area contributed by atoms with E-state index in [1.807, 2.05) is 44.2 Å². The third kappa shape index (κ3) is 5.37. The topological polar surface area (TPSA) is 77.2 Å². The first kappa shape index (κ1) is 18.0. The predicted octanol–water partition coefficient (Wildman–Crippen LogP) is 3.48. The minimum absolute atomic E-state index is 0.0222. The summed E-state index contributed by atoms with van der Waals surface area (Å²) in [6, 6.07) is 9.88. The van der Waals surface area contributed by atoms with Crippen LogP contribution in [-0.2, 0) is 4.79 Å². The van der Waals surface area contributed by atoms with Gasteiger partial charge in [0.1, 0.15) is 0 Å². The molecule has 0 spiro atoms. The summed E-state index contributed by atoms with van der Waals surface area (Å²) in [5.41, 5.74) is 1.08. The van der Waals surface area contributed by atoms with Crippen LogP contribution in [0.5, 0.6) is 6.08 Å². The summed E-state index contributed by atoms with van der Waals surface area (Å²) >= 11 is 0. The van der Waals surface area contributed by atoms with Crippen molar-refractivity contribution >= 4 is 5.91 Å². The number of nitrogens with zero attached hydrogens (tertiary/aromatic N) is 2. The summed E-state index contributed by atoms with van der Waals surface area (Å²) in [4.78, 5) is 16.3. The molecule has 130 valence electrons. The molecule has 6 nitrogen and oxygen atoms in total. The predicted molar refractivity (Wildman–Crippen MR) is 90.7 cm³/mol. The Balaban J connectivity index is 1.92. The van der Waals surface area contributed by atoms with Gasteiger partial charge in [-0.2, -0.15) is 4.98 Å². The molecular weight excluding hydrogens is 306 g/mol. The van der Waals surface area contributed by atoms with E-state index in [4.69, 9.17) is 9.26 Å². The third-order valence-corrected chi connectivity index (χ3v) is 3.51. The molecule has 0 aliphatic rings. The zero-order valence-electron chi connectivity index (χ0n) is 14.7. The normalized spacial score (nSPS) is 12.4. The van der Waals surface area contributed by atoms with Crippen LogP contribution in [0.3, 0.4) is 0 Å². The van der Waals surface area contributed by atoms with Gasteiger partial charge in [0.25, 0.3) is 5.91 Å².